The van der Waals surface area contributed by atoms with Crippen molar-refractivity contribution in [2.45, 2.75) is 44.7 Å². The van der Waals surface area contributed by atoms with Gasteiger partial charge < -0.3 is 10.4 Å². The summed E-state index contributed by atoms with van der Waals surface area (Å²) < 4.78 is 0. The monoisotopic (exact) mass is 423 g/mol. The van der Waals surface area contributed by atoms with Crippen LogP contribution in [-0.2, 0) is 25.7 Å². The smallest absolute Gasteiger partial charge is 0.303 e. The molecule has 0 aliphatic carbocycles. The molecule has 160 valence electrons. The minimum absolute atomic E-state index is 0.0628. The standard InChI is InChI=1S/C22H21N3O6/c26-17(5-2-6-19(28)29)23-11-12-7-8-15-20-13(12)3-1-4-14(20)22(31)25(15)16-9-10-18(27)24-21(16)30/h1,3-4,7-8,16H,2,5-6,9-11H2,(H,23,26)(H,28,29)(H,24,27,30). The zero-order chi connectivity index (χ0) is 22.1. The molecule has 2 aromatic rings. The van der Waals surface area contributed by atoms with Crippen LogP contribution in [-0.4, -0.2) is 40.7 Å². The Hall–Kier alpha value is -3.75. The van der Waals surface area contributed by atoms with Crippen molar-refractivity contribution in [3.8, 4) is 0 Å². The van der Waals surface area contributed by atoms with E-state index in [1.165, 1.54) is 4.90 Å². The summed E-state index contributed by atoms with van der Waals surface area (Å²) in [5.74, 6) is -2.30. The van der Waals surface area contributed by atoms with Crippen LogP contribution < -0.4 is 15.5 Å². The van der Waals surface area contributed by atoms with Gasteiger partial charge in [0.1, 0.15) is 6.04 Å². The first-order chi connectivity index (χ1) is 14.9. The zero-order valence-electron chi connectivity index (χ0n) is 16.6. The van der Waals surface area contributed by atoms with E-state index in [9.17, 15) is 24.0 Å². The van der Waals surface area contributed by atoms with Crippen molar-refractivity contribution in [2.75, 3.05) is 4.90 Å². The Labute approximate surface area is 177 Å². The summed E-state index contributed by atoms with van der Waals surface area (Å²) in [4.78, 5) is 61.0. The first-order valence-corrected chi connectivity index (χ1v) is 10.1. The Morgan fingerprint density at radius 3 is 2.68 bits per heavy atom. The van der Waals surface area contributed by atoms with Crippen LogP contribution >= 0.6 is 0 Å². The van der Waals surface area contributed by atoms with Gasteiger partial charge >= 0.3 is 5.97 Å². The average Bonchev–Trinajstić information content (AvgIpc) is 3.01. The van der Waals surface area contributed by atoms with E-state index in [-0.39, 0.29) is 56.4 Å². The van der Waals surface area contributed by atoms with Crippen molar-refractivity contribution in [2.24, 2.45) is 0 Å². The fraction of sp³-hybridized carbons (Fsp3) is 0.318. The number of rotatable bonds is 7. The van der Waals surface area contributed by atoms with Crippen molar-refractivity contribution >= 4 is 46.1 Å². The minimum atomic E-state index is -0.939. The van der Waals surface area contributed by atoms with Gasteiger partial charge in [0.15, 0.2) is 0 Å². The molecule has 0 saturated carbocycles. The number of nitrogens with zero attached hydrogens (tertiary/aromatic N) is 1. The van der Waals surface area contributed by atoms with Crippen molar-refractivity contribution < 1.29 is 29.1 Å². The summed E-state index contributed by atoms with van der Waals surface area (Å²) >= 11 is 0. The van der Waals surface area contributed by atoms with E-state index in [1.54, 1.807) is 24.3 Å². The lowest BCUT2D eigenvalue weighted by Gasteiger charge is -2.30. The van der Waals surface area contributed by atoms with Crippen LogP contribution in [0.25, 0.3) is 10.8 Å². The van der Waals surface area contributed by atoms with Gasteiger partial charge in [-0.3, -0.25) is 34.2 Å². The maximum Gasteiger partial charge on any atom is 0.303 e. The lowest BCUT2D eigenvalue weighted by Crippen LogP contribution is -2.53. The molecule has 4 amide bonds. The third kappa shape index (κ3) is 3.86. The molecule has 3 N–H and O–H groups in total. The highest BCUT2D eigenvalue weighted by molar-refractivity contribution is 6.27. The molecule has 0 aromatic heterocycles. The number of carbonyl (C=O) groups excluding carboxylic acids is 4. The highest BCUT2D eigenvalue weighted by atomic mass is 16.4. The molecule has 31 heavy (non-hydrogen) atoms. The minimum Gasteiger partial charge on any atom is -0.481 e. The molecule has 4 rings (SSSR count). The van der Waals surface area contributed by atoms with Crippen LogP contribution in [0.3, 0.4) is 0 Å². The molecule has 2 aliphatic rings. The maximum atomic E-state index is 13.1. The SMILES string of the molecule is O=C(O)CCCC(=O)NCc1ccc2c3c(cccc13)C(=O)N2C1CCC(=O)NC1=O. The average molecular weight is 423 g/mol. The van der Waals surface area contributed by atoms with Crippen molar-refractivity contribution in [3.05, 3.63) is 41.5 Å². The van der Waals surface area contributed by atoms with Gasteiger partial charge in [-0.2, -0.15) is 0 Å². The lowest BCUT2D eigenvalue weighted by atomic mass is 10.00. The van der Waals surface area contributed by atoms with E-state index < -0.39 is 17.9 Å². The normalized spacial score (nSPS) is 17.7. The van der Waals surface area contributed by atoms with E-state index in [1.807, 2.05) is 6.07 Å². The van der Waals surface area contributed by atoms with Crippen LogP contribution in [0, 0.1) is 0 Å². The summed E-state index contributed by atoms with van der Waals surface area (Å²) in [6, 6.07) is 8.12. The second kappa shape index (κ2) is 8.17. The molecule has 9 nitrogen and oxygen atoms in total. The van der Waals surface area contributed by atoms with Crippen LogP contribution in [0.4, 0.5) is 5.69 Å². The van der Waals surface area contributed by atoms with Crippen molar-refractivity contribution in [3.63, 3.8) is 0 Å². The molecule has 0 spiro atoms. The first kappa shape index (κ1) is 20.5. The van der Waals surface area contributed by atoms with Gasteiger partial charge in [-0.1, -0.05) is 18.2 Å². The molecular formula is C22H21N3O6. The fourth-order valence-electron chi connectivity index (χ4n) is 4.14. The van der Waals surface area contributed by atoms with Crippen LogP contribution in [0.2, 0.25) is 0 Å². The second-order valence-corrected chi connectivity index (χ2v) is 7.64. The summed E-state index contributed by atoms with van der Waals surface area (Å²) in [6.07, 6.45) is 0.758. The van der Waals surface area contributed by atoms with E-state index in [2.05, 4.69) is 10.6 Å². The number of hydrogen-bond acceptors (Lipinski definition) is 5. The Morgan fingerprint density at radius 2 is 1.94 bits per heavy atom. The highest BCUT2D eigenvalue weighted by Gasteiger charge is 2.40. The van der Waals surface area contributed by atoms with E-state index >= 15 is 0 Å². The third-order valence-corrected chi connectivity index (χ3v) is 5.61. The molecule has 2 aromatic carbocycles. The highest BCUT2D eigenvalue weighted by Crippen LogP contribution is 2.40. The number of amides is 4. The number of carboxylic acids is 1. The van der Waals surface area contributed by atoms with Crippen LogP contribution in [0.5, 0.6) is 0 Å². The molecule has 1 atom stereocenters. The molecule has 0 radical (unpaired) electrons. The molecule has 0 bridgehead atoms. The largest absolute Gasteiger partial charge is 0.481 e. The number of carbonyl (C=O) groups is 5. The number of hydrogen-bond donors (Lipinski definition) is 3. The van der Waals surface area contributed by atoms with Crippen molar-refractivity contribution in [1.29, 1.82) is 0 Å². The van der Waals surface area contributed by atoms with Gasteiger partial charge in [0.05, 0.1) is 5.69 Å². The van der Waals surface area contributed by atoms with E-state index in [0.717, 1.165) is 16.3 Å². The number of nitrogens with one attached hydrogen (secondary N) is 2. The predicted molar refractivity (Wildman–Crippen MR) is 110 cm³/mol. The van der Waals surface area contributed by atoms with Crippen LogP contribution in [0.1, 0.15) is 48.0 Å². The number of anilines is 1. The van der Waals surface area contributed by atoms with E-state index in [0.29, 0.717) is 11.3 Å². The van der Waals surface area contributed by atoms with Crippen LogP contribution in [0.15, 0.2) is 30.3 Å². The summed E-state index contributed by atoms with van der Waals surface area (Å²) in [7, 11) is 0. The summed E-state index contributed by atoms with van der Waals surface area (Å²) in [5.41, 5.74) is 1.90. The molecule has 2 heterocycles. The van der Waals surface area contributed by atoms with Gasteiger partial charge in [-0.05, 0) is 35.9 Å². The quantitative estimate of drug-likeness (QED) is 0.578. The van der Waals surface area contributed by atoms with Crippen molar-refractivity contribution in [1.82, 2.24) is 10.6 Å². The van der Waals surface area contributed by atoms with Gasteiger partial charge in [0, 0.05) is 36.8 Å². The van der Waals surface area contributed by atoms with E-state index in [4.69, 9.17) is 5.11 Å². The van der Waals surface area contributed by atoms with Gasteiger partial charge in [0.2, 0.25) is 17.7 Å². The Balaban J connectivity index is 1.58. The Morgan fingerprint density at radius 1 is 1.13 bits per heavy atom. The topological polar surface area (TPSA) is 133 Å². The summed E-state index contributed by atoms with van der Waals surface area (Å²) in [6.45, 7) is 0.235. The first-order valence-electron chi connectivity index (χ1n) is 10.1. The van der Waals surface area contributed by atoms with Gasteiger partial charge in [0.25, 0.3) is 5.91 Å². The molecule has 1 saturated heterocycles. The predicted octanol–water partition coefficient (Wildman–Crippen LogP) is 1.48. The number of piperidine rings is 1. The molecule has 9 heteroatoms. The second-order valence-electron chi connectivity index (χ2n) is 7.64. The summed E-state index contributed by atoms with van der Waals surface area (Å²) in [5, 5.41) is 15.3. The number of carboxylic acid groups (broad SMARTS) is 1. The maximum absolute atomic E-state index is 13.1. The third-order valence-electron chi connectivity index (χ3n) is 5.61. The van der Waals surface area contributed by atoms with Gasteiger partial charge in [-0.25, -0.2) is 0 Å². The fourth-order valence-corrected chi connectivity index (χ4v) is 4.14. The molecule has 1 unspecified atom stereocenters. The zero-order valence-corrected chi connectivity index (χ0v) is 16.6. The lowest BCUT2D eigenvalue weighted by molar-refractivity contribution is -0.137. The molecular weight excluding hydrogens is 402 g/mol. The number of aliphatic carboxylic acids is 1. The van der Waals surface area contributed by atoms with Gasteiger partial charge in [-0.15, -0.1) is 0 Å². The number of benzene rings is 2. The Kier molecular flexibility index (Phi) is 5.41. The number of imide groups is 1. The molecule has 2 aliphatic heterocycles. The Bertz CT molecular complexity index is 1130. The molecule has 1 fully saturated rings.